The minimum absolute atomic E-state index is 0.301. The number of rotatable bonds is 4. The van der Waals surface area contributed by atoms with E-state index in [0.29, 0.717) is 11.9 Å². The van der Waals surface area contributed by atoms with Gasteiger partial charge in [0.25, 0.3) is 0 Å². The maximum atomic E-state index is 5.58. The van der Waals surface area contributed by atoms with Crippen LogP contribution in [0.15, 0.2) is 0 Å². The summed E-state index contributed by atoms with van der Waals surface area (Å²) < 4.78 is 0. The number of nitrogens with two attached hydrogens (primary N) is 1. The maximum absolute atomic E-state index is 5.58. The molecule has 0 unspecified atom stereocenters. The number of hydrogen-bond donors (Lipinski definition) is 1. The normalized spacial score (nSPS) is 10.2. The number of unbranched alkanes of at least 4 members (excludes halogenated alkanes) is 1. The topological polar surface area (TPSA) is 67.9 Å². The molecule has 1 rings (SSSR count). The van der Waals surface area contributed by atoms with Crippen molar-refractivity contribution >= 4 is 11.9 Å². The van der Waals surface area contributed by atoms with Crippen LogP contribution in [-0.4, -0.2) is 29.0 Å². The number of aryl methyl sites for hydroxylation is 1. The first-order chi connectivity index (χ1) is 6.63. The fourth-order valence-corrected chi connectivity index (χ4v) is 1.07. The van der Waals surface area contributed by atoms with Crippen molar-refractivity contribution in [2.45, 2.75) is 26.2 Å². The standard InChI is InChI=1S/C9H17N5/c1-4-5-6-7-11-8(10)13-9(12-7)14(2)3/h4-6H2,1-3H3,(H2,10,11,12,13). The molecule has 0 amide bonds. The zero-order valence-electron chi connectivity index (χ0n) is 8.99. The van der Waals surface area contributed by atoms with E-state index in [2.05, 4.69) is 21.9 Å². The fourth-order valence-electron chi connectivity index (χ4n) is 1.07. The van der Waals surface area contributed by atoms with Crippen LogP contribution in [0.5, 0.6) is 0 Å². The first-order valence-electron chi connectivity index (χ1n) is 4.81. The first-order valence-corrected chi connectivity index (χ1v) is 4.81. The van der Waals surface area contributed by atoms with E-state index >= 15 is 0 Å². The molecule has 5 heteroatoms. The molecule has 0 bridgehead atoms. The van der Waals surface area contributed by atoms with E-state index < -0.39 is 0 Å². The second kappa shape index (κ2) is 4.74. The molecule has 5 nitrogen and oxygen atoms in total. The molecular formula is C9H17N5. The minimum atomic E-state index is 0.301. The van der Waals surface area contributed by atoms with Crippen molar-refractivity contribution in [2.24, 2.45) is 0 Å². The van der Waals surface area contributed by atoms with Crippen LogP contribution in [-0.2, 0) is 6.42 Å². The van der Waals surface area contributed by atoms with Gasteiger partial charge in [-0.1, -0.05) is 13.3 Å². The maximum Gasteiger partial charge on any atom is 0.229 e. The van der Waals surface area contributed by atoms with Crippen LogP contribution < -0.4 is 10.6 Å². The SMILES string of the molecule is CCCCc1nc(N)nc(N(C)C)n1. The number of anilines is 2. The van der Waals surface area contributed by atoms with Crippen molar-refractivity contribution in [3.63, 3.8) is 0 Å². The van der Waals surface area contributed by atoms with Crippen molar-refractivity contribution in [1.29, 1.82) is 0 Å². The molecule has 0 aliphatic carbocycles. The van der Waals surface area contributed by atoms with Gasteiger partial charge in [-0.2, -0.15) is 15.0 Å². The molecule has 0 atom stereocenters. The zero-order valence-corrected chi connectivity index (χ0v) is 8.99. The summed E-state index contributed by atoms with van der Waals surface area (Å²) in [5.41, 5.74) is 5.58. The van der Waals surface area contributed by atoms with Gasteiger partial charge in [-0.05, 0) is 6.42 Å². The monoisotopic (exact) mass is 195 g/mol. The van der Waals surface area contributed by atoms with Gasteiger partial charge >= 0.3 is 0 Å². The van der Waals surface area contributed by atoms with Crippen molar-refractivity contribution < 1.29 is 0 Å². The lowest BCUT2D eigenvalue weighted by molar-refractivity contribution is 0.744. The summed E-state index contributed by atoms with van der Waals surface area (Å²) in [6, 6.07) is 0. The average Bonchev–Trinajstić information content (AvgIpc) is 2.14. The molecule has 2 N–H and O–H groups in total. The van der Waals surface area contributed by atoms with Crippen molar-refractivity contribution in [3.8, 4) is 0 Å². The van der Waals surface area contributed by atoms with Gasteiger partial charge in [-0.3, -0.25) is 0 Å². The van der Waals surface area contributed by atoms with Crippen molar-refractivity contribution in [2.75, 3.05) is 24.7 Å². The molecular weight excluding hydrogens is 178 g/mol. The molecule has 78 valence electrons. The Morgan fingerprint density at radius 3 is 2.50 bits per heavy atom. The zero-order chi connectivity index (χ0) is 10.6. The van der Waals surface area contributed by atoms with Crippen LogP contribution in [0, 0.1) is 0 Å². The molecule has 1 aromatic heterocycles. The van der Waals surface area contributed by atoms with Crippen LogP contribution >= 0.6 is 0 Å². The van der Waals surface area contributed by atoms with E-state index in [1.807, 2.05) is 19.0 Å². The summed E-state index contributed by atoms with van der Waals surface area (Å²) in [7, 11) is 3.77. The Kier molecular flexibility index (Phi) is 3.62. The van der Waals surface area contributed by atoms with Crippen molar-refractivity contribution in [1.82, 2.24) is 15.0 Å². The highest BCUT2D eigenvalue weighted by Gasteiger charge is 2.04. The van der Waals surface area contributed by atoms with Gasteiger partial charge < -0.3 is 10.6 Å². The quantitative estimate of drug-likeness (QED) is 0.771. The Bertz CT molecular complexity index is 297. The van der Waals surface area contributed by atoms with Gasteiger partial charge in [0.15, 0.2) is 0 Å². The third-order valence-electron chi connectivity index (χ3n) is 1.84. The second-order valence-electron chi connectivity index (χ2n) is 3.41. The summed E-state index contributed by atoms with van der Waals surface area (Å²) in [5.74, 6) is 1.71. The van der Waals surface area contributed by atoms with E-state index in [0.717, 1.165) is 25.1 Å². The molecule has 0 fully saturated rings. The predicted molar refractivity (Wildman–Crippen MR) is 57.2 cm³/mol. The van der Waals surface area contributed by atoms with E-state index in [-0.39, 0.29) is 0 Å². The fraction of sp³-hybridized carbons (Fsp3) is 0.667. The summed E-state index contributed by atoms with van der Waals surface area (Å²) in [5, 5.41) is 0. The first kappa shape index (κ1) is 10.7. The molecule has 0 aliphatic heterocycles. The predicted octanol–water partition coefficient (Wildman–Crippen LogP) is 0.862. The molecule has 0 radical (unpaired) electrons. The highest BCUT2D eigenvalue weighted by atomic mass is 15.3. The lowest BCUT2D eigenvalue weighted by Gasteiger charge is -2.10. The van der Waals surface area contributed by atoms with Crippen LogP contribution in [0.3, 0.4) is 0 Å². The average molecular weight is 195 g/mol. The number of hydrogen-bond acceptors (Lipinski definition) is 5. The molecule has 0 spiro atoms. The van der Waals surface area contributed by atoms with Crippen LogP contribution in [0.25, 0.3) is 0 Å². The number of aromatic nitrogens is 3. The van der Waals surface area contributed by atoms with Gasteiger partial charge in [-0.15, -0.1) is 0 Å². The van der Waals surface area contributed by atoms with E-state index in [1.54, 1.807) is 0 Å². The number of nitrogens with zero attached hydrogens (tertiary/aromatic N) is 4. The Hall–Kier alpha value is -1.39. The number of nitrogen functional groups attached to an aromatic ring is 1. The lowest BCUT2D eigenvalue weighted by atomic mass is 10.2. The van der Waals surface area contributed by atoms with Gasteiger partial charge in [0.05, 0.1) is 0 Å². The molecule has 0 saturated heterocycles. The van der Waals surface area contributed by atoms with Crippen LogP contribution in [0.1, 0.15) is 25.6 Å². The summed E-state index contributed by atoms with van der Waals surface area (Å²) in [4.78, 5) is 14.2. The van der Waals surface area contributed by atoms with Crippen LogP contribution in [0.2, 0.25) is 0 Å². The van der Waals surface area contributed by atoms with E-state index in [1.165, 1.54) is 0 Å². The third kappa shape index (κ3) is 2.83. The Morgan fingerprint density at radius 2 is 1.93 bits per heavy atom. The lowest BCUT2D eigenvalue weighted by Crippen LogP contribution is -2.16. The molecule has 1 heterocycles. The van der Waals surface area contributed by atoms with Gasteiger partial charge in [0.1, 0.15) is 5.82 Å². The molecule has 14 heavy (non-hydrogen) atoms. The highest BCUT2D eigenvalue weighted by Crippen LogP contribution is 2.07. The van der Waals surface area contributed by atoms with Gasteiger partial charge in [0, 0.05) is 20.5 Å². The van der Waals surface area contributed by atoms with E-state index in [4.69, 9.17) is 5.73 Å². The molecule has 0 aromatic carbocycles. The Labute approximate surface area is 84.4 Å². The molecule has 1 aromatic rings. The Morgan fingerprint density at radius 1 is 1.21 bits per heavy atom. The summed E-state index contributed by atoms with van der Waals surface area (Å²) in [6.07, 6.45) is 3.07. The summed E-state index contributed by atoms with van der Waals surface area (Å²) in [6.45, 7) is 2.14. The Balaban J connectivity index is 2.84. The third-order valence-corrected chi connectivity index (χ3v) is 1.84. The van der Waals surface area contributed by atoms with Crippen LogP contribution in [0.4, 0.5) is 11.9 Å². The largest absolute Gasteiger partial charge is 0.368 e. The smallest absolute Gasteiger partial charge is 0.229 e. The van der Waals surface area contributed by atoms with Gasteiger partial charge in [-0.25, -0.2) is 0 Å². The minimum Gasteiger partial charge on any atom is -0.368 e. The highest BCUT2D eigenvalue weighted by molar-refractivity contribution is 5.32. The van der Waals surface area contributed by atoms with Gasteiger partial charge in [0.2, 0.25) is 11.9 Å². The van der Waals surface area contributed by atoms with Crippen molar-refractivity contribution in [3.05, 3.63) is 5.82 Å². The second-order valence-corrected chi connectivity index (χ2v) is 3.41. The van der Waals surface area contributed by atoms with E-state index in [9.17, 15) is 0 Å². The molecule has 0 aliphatic rings. The summed E-state index contributed by atoms with van der Waals surface area (Å²) >= 11 is 0. The molecule has 0 saturated carbocycles.